The van der Waals surface area contributed by atoms with E-state index in [0.29, 0.717) is 12.5 Å². The normalized spacial score (nSPS) is 23.2. The van der Waals surface area contributed by atoms with Crippen molar-refractivity contribution >= 4 is 22.3 Å². The van der Waals surface area contributed by atoms with Crippen molar-refractivity contribution in [3.05, 3.63) is 10.6 Å². The van der Waals surface area contributed by atoms with E-state index in [1.807, 2.05) is 0 Å². The minimum Gasteiger partial charge on any atom is -0.344 e. The first-order valence-electron chi connectivity index (χ1n) is 7.09. The third kappa shape index (κ3) is 2.54. The second kappa shape index (κ2) is 5.21. The summed E-state index contributed by atoms with van der Waals surface area (Å²) in [5, 5.41) is 1.07. The van der Waals surface area contributed by atoms with Gasteiger partial charge in [0.05, 0.1) is 0 Å². The van der Waals surface area contributed by atoms with Gasteiger partial charge in [0.2, 0.25) is 0 Å². The maximum absolute atomic E-state index is 11.9. The molecule has 1 aromatic heterocycles. The highest BCUT2D eigenvalue weighted by atomic mass is 32.1. The van der Waals surface area contributed by atoms with Gasteiger partial charge in [-0.1, -0.05) is 0 Å². The lowest BCUT2D eigenvalue weighted by molar-refractivity contribution is 0.0968. The van der Waals surface area contributed by atoms with Gasteiger partial charge in [0.15, 0.2) is 10.9 Å². The molecule has 0 N–H and O–H groups in total. The van der Waals surface area contributed by atoms with Gasteiger partial charge in [-0.2, -0.15) is 0 Å². The van der Waals surface area contributed by atoms with Crippen molar-refractivity contribution in [2.24, 2.45) is 0 Å². The van der Waals surface area contributed by atoms with Crippen molar-refractivity contribution < 1.29 is 4.79 Å². The Morgan fingerprint density at radius 2 is 2.21 bits per heavy atom. The number of carbonyl (C=O) groups excluding carboxylic acids is 1. The van der Waals surface area contributed by atoms with Crippen LogP contribution in [-0.2, 0) is 6.42 Å². The molecule has 19 heavy (non-hydrogen) atoms. The number of ketones is 1. The van der Waals surface area contributed by atoms with E-state index in [2.05, 4.69) is 28.9 Å². The van der Waals surface area contributed by atoms with Crippen molar-refractivity contribution in [3.8, 4) is 0 Å². The third-order valence-electron chi connectivity index (χ3n) is 3.96. The van der Waals surface area contributed by atoms with Crippen LogP contribution < -0.4 is 4.90 Å². The summed E-state index contributed by atoms with van der Waals surface area (Å²) in [4.78, 5) is 22.4. The fourth-order valence-corrected chi connectivity index (χ4v) is 4.29. The van der Waals surface area contributed by atoms with Crippen LogP contribution in [0.4, 0.5) is 5.13 Å². The monoisotopic (exact) mass is 279 g/mol. The van der Waals surface area contributed by atoms with Gasteiger partial charge in [-0.15, -0.1) is 11.3 Å². The van der Waals surface area contributed by atoms with Crippen LogP contribution >= 0.6 is 11.3 Å². The molecule has 2 aliphatic rings. The predicted molar refractivity (Wildman–Crippen MR) is 78.3 cm³/mol. The van der Waals surface area contributed by atoms with Crippen LogP contribution in [0.3, 0.4) is 0 Å². The number of rotatable bonds is 3. The van der Waals surface area contributed by atoms with Gasteiger partial charge >= 0.3 is 0 Å². The minimum absolute atomic E-state index is 0.243. The Morgan fingerprint density at radius 1 is 1.37 bits per heavy atom. The van der Waals surface area contributed by atoms with E-state index < -0.39 is 0 Å². The van der Waals surface area contributed by atoms with Crippen LogP contribution in [0.25, 0.3) is 0 Å². The van der Waals surface area contributed by atoms with E-state index in [-0.39, 0.29) is 5.78 Å². The average molecular weight is 279 g/mol. The lowest BCUT2D eigenvalue weighted by Crippen LogP contribution is -2.37. The van der Waals surface area contributed by atoms with E-state index in [9.17, 15) is 4.79 Å². The Labute approximate surface area is 118 Å². The van der Waals surface area contributed by atoms with E-state index in [1.54, 1.807) is 11.3 Å². The van der Waals surface area contributed by atoms with Crippen LogP contribution in [0, 0.1) is 0 Å². The molecule has 0 aromatic carbocycles. The van der Waals surface area contributed by atoms with Gasteiger partial charge in [0, 0.05) is 30.4 Å². The van der Waals surface area contributed by atoms with Gasteiger partial charge in [0.25, 0.3) is 0 Å². The number of likely N-dealkylation sites (N-methyl/N-ethyl adjacent to an activating group) is 1. The van der Waals surface area contributed by atoms with Gasteiger partial charge in [-0.25, -0.2) is 4.98 Å². The highest BCUT2D eigenvalue weighted by molar-refractivity contribution is 7.16. The number of nitrogens with zero attached hydrogens (tertiary/aromatic N) is 3. The standard InChI is InChI=1S/C14H21N3OS/c1-16(2)9-10-5-4-8-17(10)14-15-13-11(18)6-3-7-12(13)19-14/h10H,3-9H2,1-2H3. The molecule has 5 heteroatoms. The van der Waals surface area contributed by atoms with E-state index in [4.69, 9.17) is 0 Å². The summed E-state index contributed by atoms with van der Waals surface area (Å²) in [6.07, 6.45) is 5.17. The number of hydrogen-bond donors (Lipinski definition) is 0. The highest BCUT2D eigenvalue weighted by Crippen LogP contribution is 2.35. The fourth-order valence-electron chi connectivity index (χ4n) is 3.08. The Morgan fingerprint density at radius 3 is 2.95 bits per heavy atom. The quantitative estimate of drug-likeness (QED) is 0.850. The first-order valence-corrected chi connectivity index (χ1v) is 7.91. The van der Waals surface area contributed by atoms with Crippen LogP contribution in [0.15, 0.2) is 0 Å². The summed E-state index contributed by atoms with van der Waals surface area (Å²) in [6.45, 7) is 2.15. The summed E-state index contributed by atoms with van der Waals surface area (Å²) in [6, 6.07) is 0.553. The molecular formula is C14H21N3OS. The predicted octanol–water partition coefficient (Wildman–Crippen LogP) is 2.19. The molecule has 0 bridgehead atoms. The SMILES string of the molecule is CN(C)CC1CCCN1c1nc2c(s1)CCCC2=O. The molecule has 1 atom stereocenters. The fraction of sp³-hybridized carbons (Fsp3) is 0.714. The second-order valence-electron chi connectivity index (χ2n) is 5.80. The summed E-state index contributed by atoms with van der Waals surface area (Å²) < 4.78 is 0. The smallest absolute Gasteiger partial charge is 0.186 e. The van der Waals surface area contributed by atoms with Crippen LogP contribution in [0.1, 0.15) is 41.0 Å². The van der Waals surface area contributed by atoms with E-state index in [0.717, 1.165) is 36.8 Å². The molecule has 0 saturated carbocycles. The number of aromatic nitrogens is 1. The van der Waals surface area contributed by atoms with Crippen LogP contribution in [-0.4, -0.2) is 48.9 Å². The van der Waals surface area contributed by atoms with Crippen molar-refractivity contribution in [1.82, 2.24) is 9.88 Å². The zero-order valence-electron chi connectivity index (χ0n) is 11.7. The topological polar surface area (TPSA) is 36.4 Å². The molecule has 0 spiro atoms. The minimum atomic E-state index is 0.243. The van der Waals surface area contributed by atoms with E-state index in [1.165, 1.54) is 17.7 Å². The Hall–Kier alpha value is -0.940. The summed E-state index contributed by atoms with van der Waals surface area (Å²) in [5.74, 6) is 0.243. The molecule has 1 saturated heterocycles. The molecule has 4 nitrogen and oxygen atoms in total. The molecule has 1 unspecified atom stereocenters. The van der Waals surface area contributed by atoms with Crippen LogP contribution in [0.2, 0.25) is 0 Å². The van der Waals surface area contributed by atoms with Gasteiger partial charge in [0.1, 0.15) is 5.69 Å². The molecule has 1 fully saturated rings. The molecule has 1 aromatic rings. The average Bonchev–Trinajstić information content (AvgIpc) is 2.94. The Kier molecular flexibility index (Phi) is 3.58. The van der Waals surface area contributed by atoms with Crippen molar-refractivity contribution in [2.75, 3.05) is 32.1 Å². The Bertz CT molecular complexity index is 483. The van der Waals surface area contributed by atoms with Crippen LogP contribution in [0.5, 0.6) is 0 Å². The summed E-state index contributed by atoms with van der Waals surface area (Å²) >= 11 is 1.74. The largest absolute Gasteiger partial charge is 0.344 e. The molecule has 2 heterocycles. The third-order valence-corrected chi connectivity index (χ3v) is 5.11. The second-order valence-corrected chi connectivity index (χ2v) is 6.86. The number of carbonyl (C=O) groups is 1. The van der Waals surface area contributed by atoms with Gasteiger partial charge in [-0.3, -0.25) is 4.79 Å². The molecule has 104 valence electrons. The van der Waals surface area contributed by atoms with Crippen molar-refractivity contribution in [2.45, 2.75) is 38.1 Å². The zero-order chi connectivity index (χ0) is 13.4. The number of fused-ring (bicyclic) bond motifs is 1. The zero-order valence-corrected chi connectivity index (χ0v) is 12.5. The Balaban J connectivity index is 1.83. The summed E-state index contributed by atoms with van der Waals surface area (Å²) in [7, 11) is 4.24. The first-order chi connectivity index (χ1) is 9.15. The maximum Gasteiger partial charge on any atom is 0.186 e. The molecule has 1 aliphatic carbocycles. The molecular weight excluding hydrogens is 258 g/mol. The maximum atomic E-state index is 11.9. The van der Waals surface area contributed by atoms with E-state index >= 15 is 0 Å². The lowest BCUT2D eigenvalue weighted by atomic mass is 10.0. The van der Waals surface area contributed by atoms with Crippen molar-refractivity contribution in [3.63, 3.8) is 0 Å². The molecule has 1 aliphatic heterocycles. The number of hydrogen-bond acceptors (Lipinski definition) is 5. The number of anilines is 1. The van der Waals surface area contributed by atoms with Gasteiger partial charge in [-0.05, 0) is 39.8 Å². The lowest BCUT2D eigenvalue weighted by Gasteiger charge is -2.26. The number of Topliss-reactive ketones (excluding diaryl/α,β-unsaturated/α-hetero) is 1. The number of thiazole rings is 1. The number of aryl methyl sites for hydroxylation is 1. The molecule has 0 amide bonds. The van der Waals surface area contributed by atoms with Crippen molar-refractivity contribution in [1.29, 1.82) is 0 Å². The van der Waals surface area contributed by atoms with Gasteiger partial charge < -0.3 is 9.80 Å². The summed E-state index contributed by atoms with van der Waals surface area (Å²) in [5.41, 5.74) is 0.766. The molecule has 0 radical (unpaired) electrons. The highest BCUT2D eigenvalue weighted by Gasteiger charge is 2.30. The molecule has 3 rings (SSSR count). The first kappa shape index (κ1) is 13.1.